The molecule has 0 unspecified atom stereocenters. The predicted molar refractivity (Wildman–Crippen MR) is 206 cm³/mol. The summed E-state index contributed by atoms with van der Waals surface area (Å²) < 4.78 is 11.9. The lowest BCUT2D eigenvalue weighted by Gasteiger charge is -2.41. The van der Waals surface area contributed by atoms with Gasteiger partial charge in [0.15, 0.2) is 0 Å². The van der Waals surface area contributed by atoms with E-state index in [4.69, 9.17) is 9.47 Å². The lowest BCUT2D eigenvalue weighted by molar-refractivity contribution is -0.148. The molecule has 4 N–H and O–H groups in total. The van der Waals surface area contributed by atoms with Crippen LogP contribution in [0.25, 0.3) is 0 Å². The summed E-state index contributed by atoms with van der Waals surface area (Å²) in [5.41, 5.74) is 0.692. The fourth-order valence-electron chi connectivity index (χ4n) is 7.70. The van der Waals surface area contributed by atoms with Gasteiger partial charge in [0.2, 0.25) is 23.6 Å². The first-order valence-electron chi connectivity index (χ1n) is 19.2. The average Bonchev–Trinajstić information content (AvgIpc) is 3.62. The largest absolute Gasteiger partial charge is 0.465 e. The number of nitrogens with zero attached hydrogens (tertiary/aromatic N) is 3. The number of aliphatic hydroxyl groups is 1. The molecule has 0 aliphatic carbocycles. The number of hydrogen-bond donors (Lipinski definition) is 4. The van der Waals surface area contributed by atoms with Crippen molar-refractivity contribution in [1.29, 1.82) is 0 Å². The van der Waals surface area contributed by atoms with E-state index in [9.17, 15) is 34.2 Å². The minimum Gasteiger partial charge on any atom is -0.465 e. The molecule has 5 amide bonds. The smallest absolute Gasteiger partial charge is 0.407 e. The summed E-state index contributed by atoms with van der Waals surface area (Å²) in [6.45, 7) is 15.1. The van der Waals surface area contributed by atoms with E-state index in [0.717, 1.165) is 11.3 Å². The van der Waals surface area contributed by atoms with Gasteiger partial charge in [-0.05, 0) is 43.1 Å². The Kier molecular flexibility index (Phi) is 18.4. The molecule has 0 saturated carbocycles. The number of hydrogen-bond acceptors (Lipinski definition) is 8. The minimum absolute atomic E-state index is 0.0333. The number of benzene rings is 1. The van der Waals surface area contributed by atoms with Crippen molar-refractivity contribution in [1.82, 2.24) is 25.3 Å². The minimum atomic E-state index is -1.25. The molecule has 14 nitrogen and oxygen atoms in total. The van der Waals surface area contributed by atoms with Gasteiger partial charge >= 0.3 is 6.09 Å². The number of carbonyl (C=O) groups is 5. The molecule has 1 heterocycles. The van der Waals surface area contributed by atoms with E-state index in [0.29, 0.717) is 24.9 Å². The fraction of sp³-hybridized carbons (Fsp3) is 0.725. The van der Waals surface area contributed by atoms with E-state index in [1.165, 1.54) is 21.3 Å². The summed E-state index contributed by atoms with van der Waals surface area (Å²) in [4.78, 5) is 71.3. The molecule has 0 aromatic heterocycles. The Bertz CT molecular complexity index is 1380. The summed E-state index contributed by atoms with van der Waals surface area (Å²) in [5, 5.41) is 26.2. The molecule has 0 spiro atoms. The lowest BCUT2D eigenvalue weighted by Crippen LogP contribution is -2.60. The summed E-state index contributed by atoms with van der Waals surface area (Å²) in [6.07, 6.45) is -1.45. The monoisotopic (exact) mass is 761 g/mol. The molecule has 1 saturated heterocycles. The molecule has 1 aliphatic rings. The number of amides is 5. The third-order valence-electron chi connectivity index (χ3n) is 11.1. The molecule has 1 aliphatic heterocycles. The number of rotatable bonds is 20. The fourth-order valence-corrected chi connectivity index (χ4v) is 7.70. The number of aliphatic hydroxyl groups excluding tert-OH is 1. The second kappa shape index (κ2) is 21.4. The van der Waals surface area contributed by atoms with E-state index < -0.39 is 60.4 Å². The number of nitrogens with one attached hydrogen (secondary N) is 2. The Morgan fingerprint density at radius 1 is 0.889 bits per heavy atom. The molecule has 54 heavy (non-hydrogen) atoms. The second-order valence-corrected chi connectivity index (χ2v) is 15.6. The highest BCUT2D eigenvalue weighted by atomic mass is 16.5. The molecule has 0 bridgehead atoms. The van der Waals surface area contributed by atoms with Gasteiger partial charge in [-0.3, -0.25) is 24.1 Å². The molecular formula is C40H67N5O9. The van der Waals surface area contributed by atoms with Gasteiger partial charge in [0.25, 0.3) is 0 Å². The maximum absolute atomic E-state index is 14.2. The van der Waals surface area contributed by atoms with Crippen LogP contribution >= 0.6 is 0 Å². The predicted octanol–water partition coefficient (Wildman–Crippen LogP) is 3.92. The van der Waals surface area contributed by atoms with Crippen LogP contribution in [0.15, 0.2) is 30.3 Å². The lowest BCUT2D eigenvalue weighted by atomic mass is 9.89. The molecule has 306 valence electrons. The molecule has 14 heteroatoms. The SMILES string of the molecule is CC[C@H](C)[C@@H]([C@H](CC(=O)N1CCC[C@H]1[C@H](OC)[C@@H](C)C(=O)N[C@H](C)[C@@H](O)c1ccccc1)OC)N(C)C(=O)[C@@H](NC(=O)[C@H](C(C)C)N(C)C(=O)O)C(C)C. The van der Waals surface area contributed by atoms with E-state index in [1.54, 1.807) is 56.7 Å². The Balaban J connectivity index is 2.27. The third-order valence-corrected chi connectivity index (χ3v) is 11.1. The number of methoxy groups -OCH3 is 2. The summed E-state index contributed by atoms with van der Waals surface area (Å²) in [7, 11) is 6.02. The van der Waals surface area contributed by atoms with Crippen LogP contribution in [0.2, 0.25) is 0 Å². The van der Waals surface area contributed by atoms with Crippen molar-refractivity contribution < 1.29 is 43.7 Å². The van der Waals surface area contributed by atoms with Gasteiger partial charge in [0, 0.05) is 34.9 Å². The van der Waals surface area contributed by atoms with E-state index >= 15 is 0 Å². The first kappa shape index (κ1) is 46.4. The van der Waals surface area contributed by atoms with Crippen molar-refractivity contribution in [2.45, 2.75) is 130 Å². The second-order valence-electron chi connectivity index (χ2n) is 15.6. The van der Waals surface area contributed by atoms with Gasteiger partial charge in [0.1, 0.15) is 12.1 Å². The molecule has 1 aromatic carbocycles. The van der Waals surface area contributed by atoms with Crippen LogP contribution in [0.1, 0.15) is 92.7 Å². The molecule has 10 atom stereocenters. The number of carbonyl (C=O) groups excluding carboxylic acids is 4. The molecule has 2 rings (SSSR count). The van der Waals surface area contributed by atoms with Crippen molar-refractivity contribution in [2.24, 2.45) is 23.7 Å². The van der Waals surface area contributed by atoms with Gasteiger partial charge in [-0.2, -0.15) is 0 Å². The number of carboxylic acid groups (broad SMARTS) is 1. The number of likely N-dealkylation sites (tertiary alicyclic amines) is 1. The highest BCUT2D eigenvalue weighted by Crippen LogP contribution is 2.30. The first-order chi connectivity index (χ1) is 25.3. The van der Waals surface area contributed by atoms with Crippen LogP contribution < -0.4 is 10.6 Å². The van der Waals surface area contributed by atoms with Crippen molar-refractivity contribution in [2.75, 3.05) is 34.9 Å². The Labute approximate surface area is 322 Å². The van der Waals surface area contributed by atoms with Gasteiger partial charge in [0.05, 0.1) is 48.8 Å². The normalized spacial score (nSPS) is 19.5. The van der Waals surface area contributed by atoms with Crippen LogP contribution in [-0.2, 0) is 28.7 Å². The molecule has 1 fully saturated rings. The standard InChI is InChI=1S/C40H67N5O9/c1-13-25(6)34(43(9)39(50)32(23(2)3)42-38(49)33(24(4)5)44(10)40(51)52)30(53-11)22-31(46)45-21-17-20-29(45)36(54-12)26(7)37(48)41-27(8)35(47)28-18-15-14-16-19-28/h14-16,18-19,23-27,29-30,32-36,47H,13,17,20-22H2,1-12H3,(H,41,48)(H,42,49)(H,51,52)/t25-,26+,27+,29-,30-,32-,33-,34-,35+,36+/m0/s1. The average molecular weight is 762 g/mol. The van der Waals surface area contributed by atoms with Crippen molar-refractivity contribution in [3.63, 3.8) is 0 Å². The van der Waals surface area contributed by atoms with E-state index in [1.807, 2.05) is 45.9 Å². The number of ether oxygens (including phenoxy) is 2. The Hall–Kier alpha value is -3.75. The van der Waals surface area contributed by atoms with E-state index in [2.05, 4.69) is 10.6 Å². The van der Waals surface area contributed by atoms with Gasteiger partial charge in [-0.1, -0.05) is 85.2 Å². The van der Waals surface area contributed by atoms with Crippen LogP contribution in [-0.4, -0.2) is 132 Å². The van der Waals surface area contributed by atoms with Crippen molar-refractivity contribution in [3.8, 4) is 0 Å². The quantitative estimate of drug-likeness (QED) is 0.153. The zero-order valence-corrected chi connectivity index (χ0v) is 34.4. The maximum Gasteiger partial charge on any atom is 0.407 e. The van der Waals surface area contributed by atoms with Crippen LogP contribution in [0, 0.1) is 23.7 Å². The van der Waals surface area contributed by atoms with E-state index in [-0.39, 0.29) is 47.9 Å². The van der Waals surface area contributed by atoms with Crippen molar-refractivity contribution in [3.05, 3.63) is 35.9 Å². The van der Waals surface area contributed by atoms with Crippen LogP contribution in [0.4, 0.5) is 4.79 Å². The summed E-state index contributed by atoms with van der Waals surface area (Å²) >= 11 is 0. The first-order valence-corrected chi connectivity index (χ1v) is 19.2. The Morgan fingerprint density at radius 2 is 1.50 bits per heavy atom. The van der Waals surface area contributed by atoms with Gasteiger partial charge in [-0.25, -0.2) is 4.79 Å². The zero-order chi connectivity index (χ0) is 41.0. The van der Waals surface area contributed by atoms with Crippen LogP contribution in [0.3, 0.4) is 0 Å². The maximum atomic E-state index is 14.2. The molecule has 1 aromatic rings. The summed E-state index contributed by atoms with van der Waals surface area (Å²) in [5.74, 6) is -2.82. The summed E-state index contributed by atoms with van der Waals surface area (Å²) in [6, 6.07) is 5.67. The Morgan fingerprint density at radius 3 is 2.00 bits per heavy atom. The van der Waals surface area contributed by atoms with Gasteiger partial charge < -0.3 is 40.1 Å². The topological polar surface area (TPSA) is 178 Å². The highest BCUT2D eigenvalue weighted by Gasteiger charge is 2.43. The molecular weight excluding hydrogens is 694 g/mol. The zero-order valence-electron chi connectivity index (χ0n) is 34.4. The third kappa shape index (κ3) is 11.6. The van der Waals surface area contributed by atoms with Crippen molar-refractivity contribution >= 4 is 29.7 Å². The van der Waals surface area contributed by atoms with Gasteiger partial charge in [-0.15, -0.1) is 0 Å². The highest BCUT2D eigenvalue weighted by molar-refractivity contribution is 5.91. The molecule has 0 radical (unpaired) electrons. The number of likely N-dealkylation sites (N-methyl/N-ethyl adjacent to an activating group) is 2. The van der Waals surface area contributed by atoms with Crippen LogP contribution in [0.5, 0.6) is 0 Å².